The van der Waals surface area contributed by atoms with E-state index in [0.29, 0.717) is 5.00 Å². The van der Waals surface area contributed by atoms with E-state index in [2.05, 4.69) is 43.9 Å². The van der Waals surface area contributed by atoms with Crippen LogP contribution in [0, 0.1) is 0 Å². The average molecular weight is 225 g/mol. The highest BCUT2D eigenvalue weighted by Gasteiger charge is 2.10. The third-order valence-electron chi connectivity index (χ3n) is 2.37. The first kappa shape index (κ1) is 11.5. The predicted octanol–water partition coefficient (Wildman–Crippen LogP) is 3.51. The first-order valence-corrected chi connectivity index (χ1v) is 8.40. The van der Waals surface area contributed by atoms with Crippen LogP contribution in [0.3, 0.4) is 0 Å². The highest BCUT2D eigenvalue weighted by atomic mass is 35.5. The molecule has 0 heterocycles. The molecular formula is C12H17ClSi. The fourth-order valence-corrected chi connectivity index (χ4v) is 2.17. The van der Waals surface area contributed by atoms with Gasteiger partial charge in [0.05, 0.1) is 8.80 Å². The summed E-state index contributed by atoms with van der Waals surface area (Å²) < 4.78 is 0. The quantitative estimate of drug-likeness (QED) is 0.543. The first-order valence-electron chi connectivity index (χ1n) is 4.99. The monoisotopic (exact) mass is 224 g/mol. The van der Waals surface area contributed by atoms with E-state index >= 15 is 0 Å². The van der Waals surface area contributed by atoms with E-state index in [4.69, 9.17) is 11.6 Å². The fraction of sp³-hybridized carbons (Fsp3) is 0.333. The molecule has 0 spiro atoms. The molecule has 0 aliphatic carbocycles. The van der Waals surface area contributed by atoms with E-state index in [0.717, 1.165) is 6.42 Å². The second kappa shape index (κ2) is 5.37. The molecule has 0 nitrogen and oxygen atoms in total. The standard InChI is InChI=1S/C12H17ClSi/c1-4-10-5-7-11(8-6-10)9-12(13)14(2)3/h4-8,12,14H,1,9H2,2-3H3. The molecule has 0 N–H and O–H groups in total. The zero-order valence-corrected chi connectivity index (χ0v) is 10.7. The van der Waals surface area contributed by atoms with E-state index in [1.54, 1.807) is 0 Å². The third-order valence-corrected chi connectivity index (χ3v) is 5.72. The molecule has 0 saturated heterocycles. The fourth-order valence-electron chi connectivity index (χ4n) is 1.25. The van der Waals surface area contributed by atoms with Gasteiger partial charge in [-0.3, -0.25) is 0 Å². The van der Waals surface area contributed by atoms with Crippen LogP contribution in [0.25, 0.3) is 6.08 Å². The van der Waals surface area contributed by atoms with Gasteiger partial charge in [0.1, 0.15) is 0 Å². The lowest BCUT2D eigenvalue weighted by Crippen LogP contribution is -2.20. The Morgan fingerprint density at radius 2 is 1.93 bits per heavy atom. The SMILES string of the molecule is C=Cc1ccc(CC(Cl)[SiH](C)C)cc1. The summed E-state index contributed by atoms with van der Waals surface area (Å²) in [6.07, 6.45) is 2.86. The molecule has 0 aliphatic rings. The molecule has 1 aromatic carbocycles. The Balaban J connectivity index is 2.64. The lowest BCUT2D eigenvalue weighted by molar-refractivity contribution is 1.06. The van der Waals surface area contributed by atoms with Gasteiger partial charge in [-0.1, -0.05) is 50.0 Å². The molecule has 2 heteroatoms. The summed E-state index contributed by atoms with van der Waals surface area (Å²) in [7, 11) is -0.709. The Morgan fingerprint density at radius 1 is 1.36 bits per heavy atom. The van der Waals surface area contributed by atoms with Gasteiger partial charge in [-0.25, -0.2) is 0 Å². The maximum absolute atomic E-state index is 6.27. The van der Waals surface area contributed by atoms with Gasteiger partial charge in [0.2, 0.25) is 0 Å². The Hall–Kier alpha value is -0.533. The van der Waals surface area contributed by atoms with Crippen molar-refractivity contribution in [2.75, 3.05) is 0 Å². The summed E-state index contributed by atoms with van der Waals surface area (Å²) in [6.45, 7) is 8.31. The molecule has 1 atom stereocenters. The van der Waals surface area contributed by atoms with Crippen LogP contribution in [-0.2, 0) is 6.42 Å². The second-order valence-electron chi connectivity index (χ2n) is 3.91. The molecule has 0 bridgehead atoms. The summed E-state index contributed by atoms with van der Waals surface area (Å²) >= 11 is 6.27. The topological polar surface area (TPSA) is 0 Å². The van der Waals surface area contributed by atoms with Crippen LogP contribution in [0.1, 0.15) is 11.1 Å². The molecule has 0 amide bonds. The van der Waals surface area contributed by atoms with Crippen LogP contribution in [0.4, 0.5) is 0 Å². The first-order chi connectivity index (χ1) is 6.63. The highest BCUT2D eigenvalue weighted by molar-refractivity contribution is 6.67. The molecule has 14 heavy (non-hydrogen) atoms. The van der Waals surface area contributed by atoms with Crippen molar-refractivity contribution < 1.29 is 0 Å². The molecule has 0 aromatic heterocycles. The Labute approximate surface area is 93.2 Å². The zero-order chi connectivity index (χ0) is 10.6. The number of hydrogen-bond donors (Lipinski definition) is 0. The average Bonchev–Trinajstić information content (AvgIpc) is 2.19. The van der Waals surface area contributed by atoms with Gasteiger partial charge in [-0.2, -0.15) is 0 Å². The minimum Gasteiger partial charge on any atom is -0.127 e. The number of benzene rings is 1. The largest absolute Gasteiger partial charge is 0.127 e. The Bertz CT molecular complexity index is 290. The predicted molar refractivity (Wildman–Crippen MR) is 68.8 cm³/mol. The van der Waals surface area contributed by atoms with Crippen molar-refractivity contribution in [3.8, 4) is 0 Å². The molecule has 0 radical (unpaired) electrons. The zero-order valence-electron chi connectivity index (χ0n) is 8.83. The summed E-state index contributed by atoms with van der Waals surface area (Å²) in [5.74, 6) is 0. The maximum Gasteiger partial charge on any atom is 0.0523 e. The molecule has 1 rings (SSSR count). The van der Waals surface area contributed by atoms with Gasteiger partial charge in [0.25, 0.3) is 0 Å². The number of hydrogen-bond acceptors (Lipinski definition) is 0. The molecule has 1 unspecified atom stereocenters. The van der Waals surface area contributed by atoms with E-state index in [1.165, 1.54) is 11.1 Å². The van der Waals surface area contributed by atoms with Crippen LogP contribution in [-0.4, -0.2) is 13.8 Å². The number of alkyl halides is 1. The molecule has 76 valence electrons. The van der Waals surface area contributed by atoms with Crippen molar-refractivity contribution in [3.63, 3.8) is 0 Å². The van der Waals surface area contributed by atoms with E-state index < -0.39 is 8.80 Å². The lowest BCUT2D eigenvalue weighted by Gasteiger charge is -2.11. The van der Waals surface area contributed by atoms with Gasteiger partial charge in [-0.05, 0) is 17.5 Å². The summed E-state index contributed by atoms with van der Waals surface area (Å²) in [5.41, 5.74) is 2.50. The van der Waals surface area contributed by atoms with Gasteiger partial charge in [0, 0.05) is 5.00 Å². The van der Waals surface area contributed by atoms with Crippen molar-refractivity contribution >= 4 is 26.5 Å². The van der Waals surface area contributed by atoms with E-state index in [9.17, 15) is 0 Å². The minimum atomic E-state index is -0.709. The van der Waals surface area contributed by atoms with Crippen LogP contribution >= 0.6 is 11.6 Å². The van der Waals surface area contributed by atoms with Gasteiger partial charge < -0.3 is 0 Å². The Morgan fingerprint density at radius 3 is 2.36 bits per heavy atom. The van der Waals surface area contributed by atoms with Crippen molar-refractivity contribution in [3.05, 3.63) is 42.0 Å². The molecule has 0 fully saturated rings. The van der Waals surface area contributed by atoms with E-state index in [1.807, 2.05) is 6.08 Å². The molecule has 0 aliphatic heterocycles. The van der Waals surface area contributed by atoms with Crippen molar-refractivity contribution in [1.29, 1.82) is 0 Å². The molecule has 0 saturated carbocycles. The lowest BCUT2D eigenvalue weighted by atomic mass is 10.1. The maximum atomic E-state index is 6.27. The summed E-state index contributed by atoms with van der Waals surface area (Å²) in [5, 5.41) is 0.365. The third kappa shape index (κ3) is 3.32. The van der Waals surface area contributed by atoms with Crippen LogP contribution in [0.2, 0.25) is 13.1 Å². The van der Waals surface area contributed by atoms with Gasteiger partial charge in [-0.15, -0.1) is 11.6 Å². The van der Waals surface area contributed by atoms with Gasteiger partial charge in [0.15, 0.2) is 0 Å². The van der Waals surface area contributed by atoms with Crippen molar-refractivity contribution in [1.82, 2.24) is 0 Å². The summed E-state index contributed by atoms with van der Waals surface area (Å²) in [6, 6.07) is 8.47. The van der Waals surface area contributed by atoms with E-state index in [-0.39, 0.29) is 0 Å². The highest BCUT2D eigenvalue weighted by Crippen LogP contribution is 2.12. The minimum absolute atomic E-state index is 0.365. The van der Waals surface area contributed by atoms with Crippen molar-refractivity contribution in [2.45, 2.75) is 24.5 Å². The number of halogens is 1. The smallest absolute Gasteiger partial charge is 0.0523 e. The van der Waals surface area contributed by atoms with Gasteiger partial charge >= 0.3 is 0 Å². The van der Waals surface area contributed by atoms with Crippen LogP contribution in [0.15, 0.2) is 30.8 Å². The molecule has 1 aromatic rings. The molecular weight excluding hydrogens is 208 g/mol. The second-order valence-corrected chi connectivity index (χ2v) is 8.19. The van der Waals surface area contributed by atoms with Crippen LogP contribution in [0.5, 0.6) is 0 Å². The van der Waals surface area contributed by atoms with Crippen molar-refractivity contribution in [2.24, 2.45) is 0 Å². The van der Waals surface area contributed by atoms with Crippen LogP contribution < -0.4 is 0 Å². The Kier molecular flexibility index (Phi) is 4.43. The number of rotatable bonds is 4. The normalized spacial score (nSPS) is 12.9. The summed E-state index contributed by atoms with van der Waals surface area (Å²) in [4.78, 5) is 0.